The second kappa shape index (κ2) is 9.89. The number of ether oxygens (including phenoxy) is 1. The molecule has 0 saturated carbocycles. The van der Waals surface area contributed by atoms with E-state index < -0.39 is 0 Å². The molecule has 2 heterocycles. The molecular weight excluding hydrogens is 390 g/mol. The number of benzene rings is 1. The van der Waals surface area contributed by atoms with Gasteiger partial charge >= 0.3 is 5.97 Å². The molecule has 1 aromatic carbocycles. The van der Waals surface area contributed by atoms with Crippen LogP contribution in [0.25, 0.3) is 5.69 Å². The van der Waals surface area contributed by atoms with Crippen molar-refractivity contribution in [2.75, 3.05) is 18.9 Å². The van der Waals surface area contributed by atoms with Gasteiger partial charge in [-0.05, 0) is 26.0 Å². The van der Waals surface area contributed by atoms with E-state index in [1.165, 1.54) is 11.8 Å². The molecule has 2 atom stereocenters. The standard InChI is InChI=1S/C20H27N5O3S/c1-4-28-19(26)13-29-20-22-21-18(25(20)16-8-6-5-7-9-16)12-24-11-14(2)17(23-27)10-15(24)3/h5-9,14-15,27H,4,10-13H2,1-3H3/b23-17+/t14-,15-/m1/s1. The van der Waals surface area contributed by atoms with Crippen molar-refractivity contribution >= 4 is 23.4 Å². The minimum atomic E-state index is -0.268. The Morgan fingerprint density at radius 2 is 2.07 bits per heavy atom. The van der Waals surface area contributed by atoms with Crippen molar-refractivity contribution in [2.24, 2.45) is 11.1 Å². The normalized spacial score (nSPS) is 21.4. The molecule has 2 aromatic rings. The monoisotopic (exact) mass is 417 g/mol. The minimum absolute atomic E-state index is 0.182. The van der Waals surface area contributed by atoms with E-state index in [9.17, 15) is 10.0 Å². The number of carbonyl (C=O) groups excluding carboxylic acids is 1. The Morgan fingerprint density at radius 3 is 2.76 bits per heavy atom. The maximum Gasteiger partial charge on any atom is 0.316 e. The number of piperidine rings is 1. The molecule has 0 radical (unpaired) electrons. The van der Waals surface area contributed by atoms with Gasteiger partial charge in [0.2, 0.25) is 0 Å². The van der Waals surface area contributed by atoms with Crippen LogP contribution in [0.2, 0.25) is 0 Å². The molecule has 9 heteroatoms. The van der Waals surface area contributed by atoms with E-state index >= 15 is 0 Å². The third-order valence-corrected chi connectivity index (χ3v) is 5.92. The summed E-state index contributed by atoms with van der Waals surface area (Å²) in [5, 5.41) is 22.1. The van der Waals surface area contributed by atoms with Crippen LogP contribution in [-0.2, 0) is 16.1 Å². The molecule has 0 bridgehead atoms. The lowest BCUT2D eigenvalue weighted by Gasteiger charge is -2.36. The summed E-state index contributed by atoms with van der Waals surface area (Å²) in [6.07, 6.45) is 0.724. The number of aromatic nitrogens is 3. The van der Waals surface area contributed by atoms with Crippen LogP contribution in [0.3, 0.4) is 0 Å². The Kier molecular flexibility index (Phi) is 7.27. The molecule has 0 amide bonds. The van der Waals surface area contributed by atoms with Crippen molar-refractivity contribution in [2.45, 2.75) is 44.9 Å². The lowest BCUT2D eigenvalue weighted by Crippen LogP contribution is -2.45. The van der Waals surface area contributed by atoms with Crippen molar-refractivity contribution in [1.29, 1.82) is 0 Å². The molecule has 1 saturated heterocycles. The Hall–Kier alpha value is -2.39. The van der Waals surface area contributed by atoms with Gasteiger partial charge in [-0.25, -0.2) is 0 Å². The minimum Gasteiger partial charge on any atom is -0.465 e. The van der Waals surface area contributed by atoms with Gasteiger partial charge in [-0.2, -0.15) is 0 Å². The largest absolute Gasteiger partial charge is 0.465 e. The second-order valence-corrected chi connectivity index (χ2v) is 8.08. The van der Waals surface area contributed by atoms with Crippen molar-refractivity contribution in [3.05, 3.63) is 36.2 Å². The highest BCUT2D eigenvalue weighted by Crippen LogP contribution is 2.26. The maximum atomic E-state index is 11.8. The van der Waals surface area contributed by atoms with Crippen LogP contribution >= 0.6 is 11.8 Å². The number of para-hydroxylation sites is 1. The van der Waals surface area contributed by atoms with E-state index in [2.05, 4.69) is 34.1 Å². The summed E-state index contributed by atoms with van der Waals surface area (Å²) in [5.74, 6) is 0.913. The van der Waals surface area contributed by atoms with Gasteiger partial charge in [0.1, 0.15) is 0 Å². The second-order valence-electron chi connectivity index (χ2n) is 7.14. The highest BCUT2D eigenvalue weighted by atomic mass is 32.2. The van der Waals surface area contributed by atoms with Crippen LogP contribution in [0.4, 0.5) is 0 Å². The smallest absolute Gasteiger partial charge is 0.316 e. The number of oxime groups is 1. The SMILES string of the molecule is CCOC(=O)CSc1nnc(CN2C[C@@H](C)/C(=N/O)C[C@H]2C)n1-c1ccccc1. The first-order chi connectivity index (χ1) is 14.0. The maximum absolute atomic E-state index is 11.8. The van der Waals surface area contributed by atoms with Gasteiger partial charge in [-0.3, -0.25) is 14.3 Å². The topological polar surface area (TPSA) is 92.8 Å². The van der Waals surface area contributed by atoms with Crippen molar-refractivity contribution in [1.82, 2.24) is 19.7 Å². The van der Waals surface area contributed by atoms with Crippen molar-refractivity contribution in [3.8, 4) is 5.69 Å². The number of hydrogen-bond donors (Lipinski definition) is 1. The fourth-order valence-electron chi connectivity index (χ4n) is 3.47. The number of likely N-dealkylation sites (tertiary alicyclic amines) is 1. The first kappa shape index (κ1) is 21.3. The van der Waals surface area contributed by atoms with Gasteiger partial charge in [0.05, 0.1) is 24.6 Å². The Labute approximate surface area is 174 Å². The van der Waals surface area contributed by atoms with E-state index in [1.54, 1.807) is 6.92 Å². The molecule has 0 aliphatic carbocycles. The van der Waals surface area contributed by atoms with Gasteiger partial charge in [0, 0.05) is 30.6 Å². The van der Waals surface area contributed by atoms with Crippen LogP contribution in [0, 0.1) is 5.92 Å². The van der Waals surface area contributed by atoms with E-state index in [0.29, 0.717) is 18.3 Å². The molecule has 1 aliphatic heterocycles. The van der Waals surface area contributed by atoms with E-state index in [1.807, 2.05) is 34.9 Å². The Balaban J connectivity index is 1.84. The average molecular weight is 418 g/mol. The number of carbonyl (C=O) groups is 1. The van der Waals surface area contributed by atoms with E-state index in [0.717, 1.165) is 30.2 Å². The number of rotatable bonds is 7. The molecule has 1 fully saturated rings. The van der Waals surface area contributed by atoms with Gasteiger partial charge < -0.3 is 9.94 Å². The van der Waals surface area contributed by atoms with Crippen LogP contribution < -0.4 is 0 Å². The predicted molar refractivity (Wildman–Crippen MR) is 112 cm³/mol. The quantitative estimate of drug-likeness (QED) is 0.320. The zero-order valence-electron chi connectivity index (χ0n) is 17.0. The van der Waals surface area contributed by atoms with Crippen LogP contribution in [0.5, 0.6) is 0 Å². The van der Waals surface area contributed by atoms with Crippen LogP contribution in [0.1, 0.15) is 33.0 Å². The summed E-state index contributed by atoms with van der Waals surface area (Å²) < 4.78 is 7.02. The molecule has 3 rings (SSSR count). The summed E-state index contributed by atoms with van der Waals surface area (Å²) in [6, 6.07) is 10.1. The molecule has 0 unspecified atom stereocenters. The highest BCUT2D eigenvalue weighted by Gasteiger charge is 2.30. The molecule has 1 aliphatic rings. The third-order valence-electron chi connectivity index (χ3n) is 5.02. The molecular formula is C20H27N5O3S. The van der Waals surface area contributed by atoms with E-state index in [4.69, 9.17) is 4.74 Å². The van der Waals surface area contributed by atoms with E-state index in [-0.39, 0.29) is 23.7 Å². The zero-order chi connectivity index (χ0) is 20.8. The first-order valence-electron chi connectivity index (χ1n) is 9.76. The van der Waals surface area contributed by atoms with Gasteiger partial charge in [0.25, 0.3) is 0 Å². The zero-order valence-corrected chi connectivity index (χ0v) is 17.8. The van der Waals surface area contributed by atoms with Gasteiger partial charge in [-0.15, -0.1) is 10.2 Å². The Bertz CT molecular complexity index is 855. The molecule has 0 spiro atoms. The molecule has 1 N–H and O–H groups in total. The third kappa shape index (κ3) is 5.16. The summed E-state index contributed by atoms with van der Waals surface area (Å²) in [6.45, 7) is 7.74. The molecule has 8 nitrogen and oxygen atoms in total. The van der Waals surface area contributed by atoms with Crippen molar-refractivity contribution in [3.63, 3.8) is 0 Å². The lowest BCUT2D eigenvalue weighted by atomic mass is 9.93. The lowest BCUT2D eigenvalue weighted by molar-refractivity contribution is -0.139. The molecule has 156 valence electrons. The molecule has 29 heavy (non-hydrogen) atoms. The summed E-state index contributed by atoms with van der Waals surface area (Å²) in [5.41, 5.74) is 1.79. The number of thioether (sulfide) groups is 1. The summed E-state index contributed by atoms with van der Waals surface area (Å²) in [4.78, 5) is 14.1. The molecule has 1 aromatic heterocycles. The number of hydrogen-bond acceptors (Lipinski definition) is 8. The van der Waals surface area contributed by atoms with Crippen LogP contribution in [-0.4, -0.2) is 61.5 Å². The first-order valence-corrected chi connectivity index (χ1v) is 10.7. The predicted octanol–water partition coefficient (Wildman–Crippen LogP) is 2.98. The fourth-order valence-corrected chi connectivity index (χ4v) is 4.24. The van der Waals surface area contributed by atoms with Crippen LogP contribution in [0.15, 0.2) is 40.6 Å². The van der Waals surface area contributed by atoms with Crippen molar-refractivity contribution < 1.29 is 14.7 Å². The van der Waals surface area contributed by atoms with Gasteiger partial charge in [-0.1, -0.05) is 42.0 Å². The fraction of sp³-hybridized carbons (Fsp3) is 0.500. The number of esters is 1. The highest BCUT2D eigenvalue weighted by molar-refractivity contribution is 7.99. The Morgan fingerprint density at radius 1 is 1.31 bits per heavy atom. The van der Waals surface area contributed by atoms with Gasteiger partial charge in [0.15, 0.2) is 11.0 Å². The summed E-state index contributed by atoms with van der Waals surface area (Å²) in [7, 11) is 0. The average Bonchev–Trinajstić information content (AvgIpc) is 3.12. The summed E-state index contributed by atoms with van der Waals surface area (Å²) >= 11 is 1.32. The number of nitrogens with zero attached hydrogens (tertiary/aromatic N) is 5.